The molecule has 0 unspecified atom stereocenters. The van der Waals surface area contributed by atoms with E-state index in [1.807, 2.05) is 43.0 Å². The number of rotatable bonds is 4. The molecule has 1 atom stereocenters. The van der Waals surface area contributed by atoms with Crippen molar-refractivity contribution < 1.29 is 9.53 Å². The van der Waals surface area contributed by atoms with Crippen LogP contribution >= 0.6 is 0 Å². The van der Waals surface area contributed by atoms with Crippen LogP contribution in [0.2, 0.25) is 0 Å². The fraction of sp³-hybridized carbons (Fsp3) is 0.417. The fourth-order valence-corrected chi connectivity index (χ4v) is 4.81. The molecule has 4 rings (SSSR count). The van der Waals surface area contributed by atoms with Crippen LogP contribution in [-0.4, -0.2) is 28.7 Å². The lowest BCUT2D eigenvalue weighted by atomic mass is 9.86. The molecule has 2 aromatic carbocycles. The smallest absolute Gasteiger partial charge is 0.411 e. The molecule has 1 saturated heterocycles. The topological polar surface area (TPSA) is 91.4 Å². The van der Waals surface area contributed by atoms with Gasteiger partial charge in [-0.25, -0.2) is 4.79 Å². The zero-order valence-corrected chi connectivity index (χ0v) is 17.5. The molecule has 6 nitrogen and oxygen atoms in total. The van der Waals surface area contributed by atoms with Crippen LogP contribution in [0.15, 0.2) is 48.5 Å². The lowest BCUT2D eigenvalue weighted by molar-refractivity contribution is 0.0664. The Bertz CT molecular complexity index is 959. The average molecular weight is 405 g/mol. The van der Waals surface area contributed by atoms with Gasteiger partial charge >= 0.3 is 6.09 Å². The van der Waals surface area contributed by atoms with E-state index in [9.17, 15) is 4.79 Å². The summed E-state index contributed by atoms with van der Waals surface area (Å²) in [7, 11) is 0. The molecule has 0 bridgehead atoms. The number of cyclic esters (lactones) is 1. The van der Waals surface area contributed by atoms with Crippen LogP contribution in [0.1, 0.15) is 56.7 Å². The van der Waals surface area contributed by atoms with Crippen molar-refractivity contribution in [2.75, 3.05) is 11.1 Å². The summed E-state index contributed by atoms with van der Waals surface area (Å²) in [6.45, 7) is 3.98. The Morgan fingerprint density at radius 1 is 1.13 bits per heavy atom. The van der Waals surface area contributed by atoms with Crippen molar-refractivity contribution in [3.63, 3.8) is 0 Å². The van der Waals surface area contributed by atoms with Crippen molar-refractivity contribution in [2.24, 2.45) is 0 Å². The summed E-state index contributed by atoms with van der Waals surface area (Å²) in [4.78, 5) is 14.8. The third-order valence-corrected chi connectivity index (χ3v) is 6.24. The van der Waals surface area contributed by atoms with Crippen molar-refractivity contribution in [3.05, 3.63) is 59.7 Å². The van der Waals surface area contributed by atoms with Gasteiger partial charge in [0.2, 0.25) is 0 Å². The second kappa shape index (κ2) is 7.91. The first kappa shape index (κ1) is 20.1. The highest BCUT2D eigenvalue weighted by Crippen LogP contribution is 2.44. The second-order valence-corrected chi connectivity index (χ2v) is 8.76. The first-order chi connectivity index (χ1) is 14.4. The Morgan fingerprint density at radius 2 is 1.83 bits per heavy atom. The van der Waals surface area contributed by atoms with Crippen molar-refractivity contribution in [1.29, 1.82) is 5.26 Å². The van der Waals surface area contributed by atoms with E-state index in [-0.39, 0.29) is 18.2 Å². The van der Waals surface area contributed by atoms with Crippen LogP contribution in [0, 0.1) is 11.3 Å². The minimum absolute atomic E-state index is 0.0881. The number of benzene rings is 2. The van der Waals surface area contributed by atoms with Gasteiger partial charge in [0.25, 0.3) is 0 Å². The molecule has 30 heavy (non-hydrogen) atoms. The molecule has 3 N–H and O–H groups in total. The Kier molecular flexibility index (Phi) is 5.29. The minimum Gasteiger partial charge on any atom is -0.441 e. The van der Waals surface area contributed by atoms with Gasteiger partial charge in [-0.05, 0) is 63.3 Å². The Morgan fingerprint density at radius 3 is 2.47 bits per heavy atom. The van der Waals surface area contributed by atoms with Crippen LogP contribution in [0.3, 0.4) is 0 Å². The molecule has 0 radical (unpaired) electrons. The number of amides is 1. The molecular weight excluding hydrogens is 376 g/mol. The summed E-state index contributed by atoms with van der Waals surface area (Å²) in [6.07, 6.45) is 3.47. The maximum absolute atomic E-state index is 12.8. The molecule has 0 aromatic heterocycles. The van der Waals surface area contributed by atoms with E-state index in [0.29, 0.717) is 17.3 Å². The van der Waals surface area contributed by atoms with Gasteiger partial charge in [-0.2, -0.15) is 5.26 Å². The molecule has 2 fully saturated rings. The standard InChI is InChI=1S/C24H28N4O2/c1-24(2)22(17-6-4-3-5-7-17)28(23(29)30-24)19-11-9-18(10-12-19)27-21-13-8-16(15-25)14-20(21)26/h3-8,13-14,18-19,22,27H,9-12,26H2,1-2H3/t18-,19-,22-/m0/s1. The average Bonchev–Trinajstić information content (AvgIpc) is 2.98. The van der Waals surface area contributed by atoms with Gasteiger partial charge in [-0.15, -0.1) is 0 Å². The highest BCUT2D eigenvalue weighted by atomic mass is 16.6. The van der Waals surface area contributed by atoms with Crippen LogP contribution in [0.25, 0.3) is 0 Å². The monoisotopic (exact) mass is 404 g/mol. The summed E-state index contributed by atoms with van der Waals surface area (Å²) in [5, 5.41) is 12.5. The number of hydrogen-bond acceptors (Lipinski definition) is 5. The summed E-state index contributed by atoms with van der Waals surface area (Å²) in [5.41, 5.74) is 8.64. The first-order valence-corrected chi connectivity index (χ1v) is 10.5. The molecule has 1 aliphatic carbocycles. The third-order valence-electron chi connectivity index (χ3n) is 6.24. The Balaban J connectivity index is 1.45. The van der Waals surface area contributed by atoms with Crippen LogP contribution < -0.4 is 11.1 Å². The van der Waals surface area contributed by atoms with Crippen LogP contribution in [-0.2, 0) is 4.74 Å². The summed E-state index contributed by atoms with van der Waals surface area (Å²) >= 11 is 0. The van der Waals surface area contributed by atoms with Gasteiger partial charge in [-0.1, -0.05) is 30.3 Å². The summed E-state index contributed by atoms with van der Waals surface area (Å²) in [6, 6.07) is 18.0. The summed E-state index contributed by atoms with van der Waals surface area (Å²) in [5.74, 6) is 0. The molecular formula is C24H28N4O2. The quantitative estimate of drug-likeness (QED) is 0.712. The van der Waals surface area contributed by atoms with Gasteiger partial charge in [0.1, 0.15) is 5.60 Å². The van der Waals surface area contributed by atoms with Crippen molar-refractivity contribution >= 4 is 17.5 Å². The second-order valence-electron chi connectivity index (χ2n) is 8.76. The third kappa shape index (κ3) is 3.80. The normalized spacial score (nSPS) is 25.4. The molecule has 156 valence electrons. The number of ether oxygens (including phenoxy) is 1. The molecule has 6 heteroatoms. The van der Waals surface area contributed by atoms with Gasteiger partial charge in [0, 0.05) is 12.1 Å². The Hall–Kier alpha value is -3.20. The molecule has 1 aliphatic heterocycles. The number of nitrogen functional groups attached to an aromatic ring is 1. The summed E-state index contributed by atoms with van der Waals surface area (Å²) < 4.78 is 5.77. The lowest BCUT2D eigenvalue weighted by Crippen LogP contribution is -2.44. The van der Waals surface area contributed by atoms with Gasteiger partial charge < -0.3 is 15.8 Å². The van der Waals surface area contributed by atoms with E-state index < -0.39 is 5.60 Å². The van der Waals surface area contributed by atoms with E-state index in [0.717, 1.165) is 36.9 Å². The van der Waals surface area contributed by atoms with E-state index in [4.69, 9.17) is 15.7 Å². The van der Waals surface area contributed by atoms with Crippen molar-refractivity contribution in [3.8, 4) is 6.07 Å². The number of nitrogens with two attached hydrogens (primary N) is 1. The van der Waals surface area contributed by atoms with Crippen LogP contribution in [0.4, 0.5) is 16.2 Å². The molecule has 1 saturated carbocycles. The predicted molar refractivity (Wildman–Crippen MR) is 117 cm³/mol. The van der Waals surface area contributed by atoms with E-state index in [1.54, 1.807) is 12.1 Å². The first-order valence-electron chi connectivity index (χ1n) is 10.5. The van der Waals surface area contributed by atoms with Crippen molar-refractivity contribution in [1.82, 2.24) is 4.90 Å². The molecule has 2 aromatic rings. The fourth-order valence-electron chi connectivity index (χ4n) is 4.81. The molecule has 0 spiro atoms. The highest BCUT2D eigenvalue weighted by Gasteiger charge is 2.51. The largest absolute Gasteiger partial charge is 0.441 e. The van der Waals surface area contributed by atoms with E-state index in [2.05, 4.69) is 23.5 Å². The Labute approximate surface area is 177 Å². The maximum atomic E-state index is 12.8. The number of hydrogen-bond donors (Lipinski definition) is 2. The number of nitriles is 1. The number of nitrogens with zero attached hydrogens (tertiary/aromatic N) is 2. The lowest BCUT2D eigenvalue weighted by Gasteiger charge is -2.38. The minimum atomic E-state index is -0.565. The zero-order valence-electron chi connectivity index (χ0n) is 17.5. The number of nitrogens with one attached hydrogen (secondary N) is 1. The molecule has 1 amide bonds. The number of anilines is 2. The predicted octanol–water partition coefficient (Wildman–Crippen LogP) is 4.84. The number of carbonyl (C=O) groups is 1. The van der Waals surface area contributed by atoms with E-state index >= 15 is 0 Å². The zero-order chi connectivity index (χ0) is 21.3. The maximum Gasteiger partial charge on any atom is 0.411 e. The molecule has 1 heterocycles. The van der Waals surface area contributed by atoms with Gasteiger partial charge in [0.05, 0.1) is 29.0 Å². The van der Waals surface area contributed by atoms with E-state index in [1.165, 1.54) is 0 Å². The van der Waals surface area contributed by atoms with Gasteiger partial charge in [0.15, 0.2) is 0 Å². The van der Waals surface area contributed by atoms with Crippen LogP contribution in [0.5, 0.6) is 0 Å². The van der Waals surface area contributed by atoms with Gasteiger partial charge in [-0.3, -0.25) is 4.90 Å². The van der Waals surface area contributed by atoms with Crippen molar-refractivity contribution in [2.45, 2.75) is 63.3 Å². The highest BCUT2D eigenvalue weighted by molar-refractivity contribution is 5.72. The molecule has 2 aliphatic rings. The number of carbonyl (C=O) groups excluding carboxylic acids is 1. The SMILES string of the molecule is CC1(C)OC(=O)N([C@H]2CC[C@H](Nc3ccc(C#N)cc3N)CC2)[C@H]1c1ccccc1.